The van der Waals surface area contributed by atoms with Crippen LogP contribution in [-0.4, -0.2) is 9.78 Å². The molecule has 1 aromatic heterocycles. The molecule has 2 aromatic rings. The Morgan fingerprint density at radius 3 is 2.64 bits per heavy atom. The maximum Gasteiger partial charge on any atom is 0.0934 e. The van der Waals surface area contributed by atoms with E-state index in [9.17, 15) is 0 Å². The Balaban J connectivity index is 2.57. The van der Waals surface area contributed by atoms with Crippen LogP contribution in [0.15, 0.2) is 39.4 Å². The molecule has 2 rings (SSSR count). The molecule has 0 unspecified atom stereocenters. The SMILES string of the molecule is Cn1ccc(-c2cccc(Br)c2Br)n1. The van der Waals surface area contributed by atoms with Crippen molar-refractivity contribution in [3.05, 3.63) is 39.4 Å². The second-order valence-electron chi connectivity index (χ2n) is 2.98. The molecule has 0 aliphatic rings. The average molecular weight is 316 g/mol. The molecule has 0 N–H and O–H groups in total. The molecule has 0 saturated heterocycles. The van der Waals surface area contributed by atoms with E-state index in [2.05, 4.69) is 37.0 Å². The molecular formula is C10H8Br2N2. The monoisotopic (exact) mass is 314 g/mol. The molecule has 0 atom stereocenters. The van der Waals surface area contributed by atoms with Gasteiger partial charge < -0.3 is 0 Å². The topological polar surface area (TPSA) is 17.8 Å². The van der Waals surface area contributed by atoms with Crippen molar-refractivity contribution in [1.82, 2.24) is 9.78 Å². The van der Waals surface area contributed by atoms with Gasteiger partial charge in [-0.05, 0) is 44.0 Å². The summed E-state index contributed by atoms with van der Waals surface area (Å²) in [4.78, 5) is 0. The molecular weight excluding hydrogens is 308 g/mol. The van der Waals surface area contributed by atoms with Gasteiger partial charge in [0.2, 0.25) is 0 Å². The predicted molar refractivity (Wildman–Crippen MR) is 64.0 cm³/mol. The van der Waals surface area contributed by atoms with Crippen LogP contribution in [0.25, 0.3) is 11.3 Å². The summed E-state index contributed by atoms with van der Waals surface area (Å²) in [6.45, 7) is 0. The maximum atomic E-state index is 4.35. The van der Waals surface area contributed by atoms with Crippen LogP contribution in [0, 0.1) is 0 Å². The van der Waals surface area contributed by atoms with Crippen molar-refractivity contribution in [1.29, 1.82) is 0 Å². The van der Waals surface area contributed by atoms with Crippen LogP contribution >= 0.6 is 31.9 Å². The Labute approximate surface area is 99.2 Å². The molecule has 72 valence electrons. The molecule has 0 spiro atoms. The molecule has 1 heterocycles. The second-order valence-corrected chi connectivity index (χ2v) is 4.62. The van der Waals surface area contributed by atoms with Gasteiger partial charge in [-0.1, -0.05) is 12.1 Å². The highest BCUT2D eigenvalue weighted by Gasteiger charge is 2.07. The second kappa shape index (κ2) is 3.87. The number of nitrogens with zero attached hydrogens (tertiary/aromatic N) is 2. The zero-order valence-electron chi connectivity index (χ0n) is 7.54. The van der Waals surface area contributed by atoms with Gasteiger partial charge in [-0.25, -0.2) is 0 Å². The Hall–Kier alpha value is -0.610. The summed E-state index contributed by atoms with van der Waals surface area (Å²) in [6.07, 6.45) is 1.93. The largest absolute Gasteiger partial charge is 0.275 e. The predicted octanol–water partition coefficient (Wildman–Crippen LogP) is 3.61. The van der Waals surface area contributed by atoms with Gasteiger partial charge >= 0.3 is 0 Å². The molecule has 1 aromatic carbocycles. The molecule has 0 aliphatic heterocycles. The van der Waals surface area contributed by atoms with Gasteiger partial charge in [0.25, 0.3) is 0 Å². The highest BCUT2D eigenvalue weighted by atomic mass is 79.9. The average Bonchev–Trinajstić information content (AvgIpc) is 2.57. The van der Waals surface area contributed by atoms with Gasteiger partial charge in [-0.15, -0.1) is 0 Å². The van der Waals surface area contributed by atoms with Crippen LogP contribution in [-0.2, 0) is 7.05 Å². The van der Waals surface area contributed by atoms with Gasteiger partial charge in [0.05, 0.1) is 5.69 Å². The number of halogens is 2. The molecule has 14 heavy (non-hydrogen) atoms. The van der Waals surface area contributed by atoms with E-state index in [1.54, 1.807) is 4.68 Å². The van der Waals surface area contributed by atoms with Gasteiger partial charge in [-0.3, -0.25) is 4.68 Å². The molecule has 4 heteroatoms. The van der Waals surface area contributed by atoms with Crippen LogP contribution in [0.4, 0.5) is 0 Å². The number of hydrogen-bond donors (Lipinski definition) is 0. The van der Waals surface area contributed by atoms with Crippen molar-refractivity contribution in [3.8, 4) is 11.3 Å². The lowest BCUT2D eigenvalue weighted by atomic mass is 10.2. The third-order valence-corrected chi connectivity index (χ3v) is 3.99. The van der Waals surface area contributed by atoms with Gasteiger partial charge in [0, 0.05) is 27.8 Å². The lowest BCUT2D eigenvalue weighted by Crippen LogP contribution is -1.88. The van der Waals surface area contributed by atoms with Gasteiger partial charge in [-0.2, -0.15) is 5.10 Å². The first-order valence-electron chi connectivity index (χ1n) is 4.12. The van der Waals surface area contributed by atoms with E-state index in [1.807, 2.05) is 37.5 Å². The minimum Gasteiger partial charge on any atom is -0.275 e. The first-order chi connectivity index (χ1) is 6.68. The van der Waals surface area contributed by atoms with Crippen LogP contribution in [0.3, 0.4) is 0 Å². The van der Waals surface area contributed by atoms with E-state index in [-0.39, 0.29) is 0 Å². The van der Waals surface area contributed by atoms with Crippen molar-refractivity contribution < 1.29 is 0 Å². The van der Waals surface area contributed by atoms with E-state index in [4.69, 9.17) is 0 Å². The van der Waals surface area contributed by atoms with Crippen LogP contribution in [0.1, 0.15) is 0 Å². The lowest BCUT2D eigenvalue weighted by Gasteiger charge is -2.02. The van der Waals surface area contributed by atoms with Gasteiger partial charge in [0.1, 0.15) is 0 Å². The minimum atomic E-state index is 0.973. The minimum absolute atomic E-state index is 0.973. The molecule has 0 fully saturated rings. The van der Waals surface area contributed by atoms with E-state index < -0.39 is 0 Å². The van der Waals surface area contributed by atoms with Crippen molar-refractivity contribution in [2.45, 2.75) is 0 Å². The van der Waals surface area contributed by atoms with Crippen LogP contribution in [0.2, 0.25) is 0 Å². The third kappa shape index (κ3) is 1.77. The molecule has 0 saturated carbocycles. The number of hydrogen-bond acceptors (Lipinski definition) is 1. The highest BCUT2D eigenvalue weighted by Crippen LogP contribution is 2.32. The smallest absolute Gasteiger partial charge is 0.0934 e. The fourth-order valence-electron chi connectivity index (χ4n) is 1.26. The zero-order valence-corrected chi connectivity index (χ0v) is 10.7. The molecule has 0 radical (unpaired) electrons. The summed E-state index contributed by atoms with van der Waals surface area (Å²) >= 11 is 7.00. The first-order valence-corrected chi connectivity index (χ1v) is 5.71. The Morgan fingerprint density at radius 2 is 2.00 bits per heavy atom. The normalized spacial score (nSPS) is 10.5. The Kier molecular flexibility index (Phi) is 2.74. The third-order valence-electron chi connectivity index (χ3n) is 1.94. The van der Waals surface area contributed by atoms with Crippen molar-refractivity contribution in [3.63, 3.8) is 0 Å². The fourth-order valence-corrected chi connectivity index (χ4v) is 2.09. The summed E-state index contributed by atoms with van der Waals surface area (Å²) in [7, 11) is 1.91. The summed E-state index contributed by atoms with van der Waals surface area (Å²) in [5, 5.41) is 4.35. The summed E-state index contributed by atoms with van der Waals surface area (Å²) < 4.78 is 3.88. The standard InChI is InChI=1S/C10H8Br2N2/c1-14-6-5-9(13-14)7-3-2-4-8(11)10(7)12/h2-6H,1H3. The lowest BCUT2D eigenvalue weighted by molar-refractivity contribution is 0.771. The van der Waals surface area contributed by atoms with E-state index in [0.29, 0.717) is 0 Å². The first kappa shape index (κ1) is 9.93. The van der Waals surface area contributed by atoms with E-state index >= 15 is 0 Å². The highest BCUT2D eigenvalue weighted by molar-refractivity contribution is 9.13. The Bertz CT molecular complexity index is 463. The van der Waals surface area contributed by atoms with Crippen molar-refractivity contribution in [2.75, 3.05) is 0 Å². The quantitative estimate of drug-likeness (QED) is 0.786. The number of aryl methyl sites for hydroxylation is 1. The van der Waals surface area contributed by atoms with Crippen LogP contribution < -0.4 is 0 Å². The van der Waals surface area contributed by atoms with E-state index in [0.717, 1.165) is 20.2 Å². The fraction of sp³-hybridized carbons (Fsp3) is 0.100. The number of rotatable bonds is 1. The number of benzene rings is 1. The van der Waals surface area contributed by atoms with E-state index in [1.165, 1.54) is 0 Å². The summed E-state index contributed by atoms with van der Waals surface area (Å²) in [6, 6.07) is 8.03. The van der Waals surface area contributed by atoms with Crippen molar-refractivity contribution in [2.24, 2.45) is 7.05 Å². The Morgan fingerprint density at radius 1 is 1.21 bits per heavy atom. The zero-order chi connectivity index (χ0) is 10.1. The summed E-state index contributed by atoms with van der Waals surface area (Å²) in [5.74, 6) is 0. The number of aromatic nitrogens is 2. The van der Waals surface area contributed by atoms with Gasteiger partial charge in [0.15, 0.2) is 0 Å². The van der Waals surface area contributed by atoms with Crippen LogP contribution in [0.5, 0.6) is 0 Å². The maximum absolute atomic E-state index is 4.35. The van der Waals surface area contributed by atoms with Crippen molar-refractivity contribution >= 4 is 31.9 Å². The molecule has 0 amide bonds. The molecule has 2 nitrogen and oxygen atoms in total. The summed E-state index contributed by atoms with van der Waals surface area (Å²) in [5.41, 5.74) is 2.07. The molecule has 0 aliphatic carbocycles. The molecule has 0 bridgehead atoms.